The van der Waals surface area contributed by atoms with E-state index >= 15 is 0 Å². The van der Waals surface area contributed by atoms with Crippen LogP contribution in [0.2, 0.25) is 0 Å². The van der Waals surface area contributed by atoms with Crippen molar-refractivity contribution in [1.29, 1.82) is 0 Å². The lowest BCUT2D eigenvalue weighted by Crippen LogP contribution is -2.46. The van der Waals surface area contributed by atoms with Gasteiger partial charge in [0.05, 0.1) is 29.1 Å². The Balaban J connectivity index is 1.76. The Bertz CT molecular complexity index is 962. The van der Waals surface area contributed by atoms with Gasteiger partial charge in [0.25, 0.3) is 5.91 Å². The van der Waals surface area contributed by atoms with Gasteiger partial charge in [-0.25, -0.2) is 0 Å². The summed E-state index contributed by atoms with van der Waals surface area (Å²) in [6.45, 7) is 4.08. The number of anilines is 1. The molecule has 0 unspecified atom stereocenters. The van der Waals surface area contributed by atoms with Crippen LogP contribution in [0.1, 0.15) is 37.0 Å². The zero-order valence-electron chi connectivity index (χ0n) is 15.4. The van der Waals surface area contributed by atoms with E-state index in [1.807, 2.05) is 38.2 Å². The number of hydrogen-bond acceptors (Lipinski definition) is 5. The summed E-state index contributed by atoms with van der Waals surface area (Å²) in [5.41, 5.74) is 4.09. The van der Waals surface area contributed by atoms with Crippen LogP contribution < -0.4 is 10.6 Å². The van der Waals surface area contributed by atoms with Crippen LogP contribution in [0, 0.1) is 0 Å². The molecule has 0 bridgehead atoms. The van der Waals surface area contributed by atoms with Gasteiger partial charge in [-0.1, -0.05) is 6.07 Å². The Morgan fingerprint density at radius 3 is 2.74 bits per heavy atom. The van der Waals surface area contributed by atoms with Crippen molar-refractivity contribution < 1.29 is 9.90 Å². The van der Waals surface area contributed by atoms with Crippen molar-refractivity contribution in [1.82, 2.24) is 20.5 Å². The van der Waals surface area contributed by atoms with Crippen LogP contribution in [0.25, 0.3) is 22.0 Å². The number of benzene rings is 1. The highest BCUT2D eigenvalue weighted by molar-refractivity contribution is 6.08. The highest BCUT2D eigenvalue weighted by Crippen LogP contribution is 2.31. The highest BCUT2D eigenvalue weighted by atomic mass is 16.3. The molecule has 7 nitrogen and oxygen atoms in total. The molecule has 27 heavy (non-hydrogen) atoms. The fraction of sp³-hybridized carbons (Fsp3) is 0.350. The number of carbonyl (C=O) groups is 1. The maximum absolute atomic E-state index is 12.8. The summed E-state index contributed by atoms with van der Waals surface area (Å²) in [5.74, 6) is -0.168. The third-order valence-corrected chi connectivity index (χ3v) is 4.83. The maximum atomic E-state index is 12.8. The fourth-order valence-electron chi connectivity index (χ4n) is 3.37. The molecule has 4 rings (SSSR count). The normalized spacial score (nSPS) is 19.1. The van der Waals surface area contributed by atoms with Gasteiger partial charge >= 0.3 is 0 Å². The van der Waals surface area contributed by atoms with E-state index < -0.39 is 0 Å². The topological polar surface area (TPSA) is 103 Å². The van der Waals surface area contributed by atoms with E-state index in [1.165, 1.54) is 0 Å². The number of carbonyl (C=O) groups excluding carboxylic acids is 1. The quantitative estimate of drug-likeness (QED) is 0.557. The maximum Gasteiger partial charge on any atom is 0.255 e. The number of aliphatic hydroxyl groups excluding tert-OH is 1. The van der Waals surface area contributed by atoms with E-state index in [4.69, 9.17) is 0 Å². The second-order valence-corrected chi connectivity index (χ2v) is 7.36. The fourth-order valence-corrected chi connectivity index (χ4v) is 3.37. The number of hydrogen-bond donors (Lipinski definition) is 4. The van der Waals surface area contributed by atoms with Crippen molar-refractivity contribution in [3.63, 3.8) is 0 Å². The Morgan fingerprint density at radius 1 is 1.26 bits per heavy atom. The van der Waals surface area contributed by atoms with Crippen LogP contribution >= 0.6 is 0 Å². The lowest BCUT2D eigenvalue weighted by Gasteiger charge is -2.32. The summed E-state index contributed by atoms with van der Waals surface area (Å²) in [6, 6.07) is 6.15. The molecule has 0 atom stereocenters. The number of pyridine rings is 1. The molecule has 0 radical (unpaired) electrons. The zero-order valence-corrected chi connectivity index (χ0v) is 15.4. The van der Waals surface area contributed by atoms with E-state index in [9.17, 15) is 9.90 Å². The summed E-state index contributed by atoms with van der Waals surface area (Å²) in [7, 11) is 0. The molecule has 2 aromatic heterocycles. The van der Waals surface area contributed by atoms with Gasteiger partial charge in [0, 0.05) is 35.4 Å². The van der Waals surface area contributed by atoms with Gasteiger partial charge in [0.1, 0.15) is 0 Å². The molecule has 2 heterocycles. The van der Waals surface area contributed by atoms with Gasteiger partial charge in [0.15, 0.2) is 0 Å². The highest BCUT2D eigenvalue weighted by Gasteiger charge is 2.29. The van der Waals surface area contributed by atoms with Crippen LogP contribution in [0.15, 0.2) is 36.8 Å². The van der Waals surface area contributed by atoms with Gasteiger partial charge in [-0.15, -0.1) is 0 Å². The number of fused-ring (bicyclic) bond motifs is 1. The molecule has 0 aliphatic heterocycles. The number of nitrogens with zero attached hydrogens (tertiary/aromatic N) is 2. The van der Waals surface area contributed by atoms with Crippen LogP contribution in [-0.2, 0) is 0 Å². The number of rotatable bonds is 5. The summed E-state index contributed by atoms with van der Waals surface area (Å²) >= 11 is 0. The lowest BCUT2D eigenvalue weighted by atomic mass is 9.89. The van der Waals surface area contributed by atoms with Crippen molar-refractivity contribution in [3.8, 4) is 11.1 Å². The molecule has 4 N–H and O–H groups in total. The monoisotopic (exact) mass is 365 g/mol. The van der Waals surface area contributed by atoms with E-state index in [1.54, 1.807) is 12.4 Å². The number of amides is 1. The predicted octanol–water partition coefficient (Wildman–Crippen LogP) is 2.70. The standard InChI is InChI=1S/C20H23N5O2/c1-11(2)24-19-16-5-12(13-8-22-23-9-13)3-4-18(16)21-10-17(19)20(27)25-14-6-15(26)7-14/h3-5,8-11,14-15,26H,6-7H2,1-2H3,(H,21,24)(H,22,23)(H,25,27)/t14-,15-. The summed E-state index contributed by atoms with van der Waals surface area (Å²) in [5, 5.41) is 23.6. The third kappa shape index (κ3) is 3.50. The van der Waals surface area contributed by atoms with E-state index in [0.717, 1.165) is 27.7 Å². The molecule has 7 heteroatoms. The van der Waals surface area contributed by atoms with Gasteiger partial charge < -0.3 is 15.7 Å². The molecular formula is C20H23N5O2. The first kappa shape index (κ1) is 17.5. The van der Waals surface area contributed by atoms with E-state index in [2.05, 4.69) is 25.8 Å². The van der Waals surface area contributed by atoms with Crippen LogP contribution in [0.4, 0.5) is 5.69 Å². The average Bonchev–Trinajstić information content (AvgIpc) is 3.14. The Kier molecular flexibility index (Phi) is 4.53. The molecule has 140 valence electrons. The lowest BCUT2D eigenvalue weighted by molar-refractivity contribution is 0.0563. The van der Waals surface area contributed by atoms with Gasteiger partial charge in [0.2, 0.25) is 0 Å². The first-order valence-electron chi connectivity index (χ1n) is 9.18. The SMILES string of the molecule is CC(C)Nc1c(C(=O)N[C@H]2C[C@H](O)C2)cnc2ccc(-c3cn[nH]c3)cc12. The van der Waals surface area contributed by atoms with Gasteiger partial charge in [-0.3, -0.25) is 14.9 Å². The molecule has 3 aromatic rings. The number of aromatic amines is 1. The summed E-state index contributed by atoms with van der Waals surface area (Å²) in [4.78, 5) is 17.3. The minimum atomic E-state index is -0.309. The Morgan fingerprint density at radius 2 is 2.07 bits per heavy atom. The predicted molar refractivity (Wildman–Crippen MR) is 105 cm³/mol. The smallest absolute Gasteiger partial charge is 0.255 e. The molecule has 1 fully saturated rings. The molecule has 1 aliphatic carbocycles. The number of nitrogens with one attached hydrogen (secondary N) is 3. The molecule has 0 saturated heterocycles. The van der Waals surface area contributed by atoms with Gasteiger partial charge in [-0.2, -0.15) is 5.10 Å². The van der Waals surface area contributed by atoms with Crippen molar-refractivity contribution in [3.05, 3.63) is 42.4 Å². The minimum absolute atomic E-state index is 0.0207. The first-order chi connectivity index (χ1) is 13.0. The van der Waals surface area contributed by atoms with Crippen molar-refractivity contribution in [2.75, 3.05) is 5.32 Å². The second kappa shape index (κ2) is 7.00. The second-order valence-electron chi connectivity index (χ2n) is 7.36. The van der Waals surface area contributed by atoms with Crippen molar-refractivity contribution in [2.45, 2.75) is 44.9 Å². The third-order valence-electron chi connectivity index (χ3n) is 4.83. The Hall–Kier alpha value is -2.93. The van der Waals surface area contributed by atoms with Crippen molar-refractivity contribution >= 4 is 22.5 Å². The number of aliphatic hydroxyl groups is 1. The molecule has 1 aliphatic rings. The van der Waals surface area contributed by atoms with E-state index in [-0.39, 0.29) is 24.1 Å². The summed E-state index contributed by atoms with van der Waals surface area (Å²) in [6.07, 6.45) is 6.12. The molecule has 1 saturated carbocycles. The van der Waals surface area contributed by atoms with E-state index in [0.29, 0.717) is 18.4 Å². The molecule has 0 spiro atoms. The first-order valence-corrected chi connectivity index (χ1v) is 9.18. The zero-order chi connectivity index (χ0) is 19.0. The largest absolute Gasteiger partial charge is 0.393 e. The van der Waals surface area contributed by atoms with Gasteiger partial charge in [-0.05, 0) is 44.4 Å². The molecule has 1 amide bonds. The van der Waals surface area contributed by atoms with Crippen LogP contribution in [-0.4, -0.2) is 44.4 Å². The molecule has 1 aromatic carbocycles. The van der Waals surface area contributed by atoms with Crippen LogP contribution in [0.3, 0.4) is 0 Å². The molecular weight excluding hydrogens is 342 g/mol. The number of H-pyrrole nitrogens is 1. The van der Waals surface area contributed by atoms with Crippen molar-refractivity contribution in [2.24, 2.45) is 0 Å². The summed E-state index contributed by atoms with van der Waals surface area (Å²) < 4.78 is 0. The minimum Gasteiger partial charge on any atom is -0.393 e. The van der Waals surface area contributed by atoms with Crippen LogP contribution in [0.5, 0.6) is 0 Å². The average molecular weight is 365 g/mol. The number of aromatic nitrogens is 3. The Labute approximate surface area is 157 Å².